The van der Waals surface area contributed by atoms with Crippen molar-refractivity contribution in [2.75, 3.05) is 0 Å². The predicted molar refractivity (Wildman–Crippen MR) is 119 cm³/mol. The third-order valence-electron chi connectivity index (χ3n) is 6.53. The molecule has 4 aromatic carbocycles. The fourth-order valence-corrected chi connectivity index (χ4v) is 4.81. The van der Waals surface area contributed by atoms with Gasteiger partial charge in [-0.15, -0.1) is 0 Å². The molecule has 0 heterocycles. The summed E-state index contributed by atoms with van der Waals surface area (Å²) in [5.41, 5.74) is -1.44. The van der Waals surface area contributed by atoms with Gasteiger partial charge in [-0.2, -0.15) is 26.3 Å². The highest BCUT2D eigenvalue weighted by molar-refractivity contribution is 6.11. The lowest BCUT2D eigenvalue weighted by Crippen LogP contribution is -2.48. The van der Waals surface area contributed by atoms with Gasteiger partial charge in [0.1, 0.15) is 0 Å². The van der Waals surface area contributed by atoms with Gasteiger partial charge in [-0.3, -0.25) is 0 Å². The van der Waals surface area contributed by atoms with E-state index in [1.165, 1.54) is 12.1 Å². The number of hydrogen-bond donors (Lipinski definition) is 0. The third-order valence-corrected chi connectivity index (χ3v) is 6.53. The molecule has 0 radical (unpaired) electrons. The van der Waals surface area contributed by atoms with Crippen LogP contribution >= 0.6 is 0 Å². The normalized spacial score (nSPS) is 18.9. The van der Waals surface area contributed by atoms with E-state index < -0.39 is 28.9 Å². The molecule has 0 nitrogen and oxygen atoms in total. The summed E-state index contributed by atoms with van der Waals surface area (Å²) in [5, 5.41) is 2.73. The van der Waals surface area contributed by atoms with Crippen molar-refractivity contribution in [3.8, 4) is 11.1 Å². The van der Waals surface area contributed by atoms with Gasteiger partial charge in [0, 0.05) is 11.1 Å². The van der Waals surface area contributed by atoms with E-state index >= 15 is 8.78 Å². The average Bonchev–Trinajstić information content (AvgIpc) is 2.87. The summed E-state index contributed by atoms with van der Waals surface area (Å²) in [4.78, 5) is 0. The van der Waals surface area contributed by atoms with Gasteiger partial charge >= 0.3 is 17.8 Å². The van der Waals surface area contributed by atoms with Crippen LogP contribution in [0.5, 0.6) is 0 Å². The van der Waals surface area contributed by atoms with Crippen molar-refractivity contribution in [1.29, 1.82) is 0 Å². The molecule has 1 aliphatic rings. The summed E-state index contributed by atoms with van der Waals surface area (Å²) in [5.74, 6) is -15.5. The van der Waals surface area contributed by atoms with Gasteiger partial charge < -0.3 is 0 Å². The average molecular weight is 456 g/mol. The molecule has 33 heavy (non-hydrogen) atoms. The molecule has 5 rings (SSSR count). The van der Waals surface area contributed by atoms with E-state index in [0.717, 1.165) is 5.39 Å². The van der Waals surface area contributed by atoms with E-state index in [1.54, 1.807) is 49.4 Å². The third kappa shape index (κ3) is 2.73. The number of rotatable bonds is 2. The minimum absolute atomic E-state index is 0.241. The maximum atomic E-state index is 15.0. The van der Waals surface area contributed by atoms with E-state index in [0.29, 0.717) is 34.2 Å². The molecule has 0 unspecified atom stereocenters. The molecule has 0 bridgehead atoms. The van der Waals surface area contributed by atoms with Crippen molar-refractivity contribution in [1.82, 2.24) is 0 Å². The van der Waals surface area contributed by atoms with Gasteiger partial charge in [0.2, 0.25) is 0 Å². The smallest absolute Gasteiger partial charge is 0.194 e. The van der Waals surface area contributed by atoms with Crippen LogP contribution in [0.15, 0.2) is 78.4 Å². The van der Waals surface area contributed by atoms with Crippen LogP contribution in [0.4, 0.5) is 26.3 Å². The molecule has 0 aromatic heterocycles. The lowest BCUT2D eigenvalue weighted by atomic mass is 9.84. The standard InChI is InChI=1S/C27H18F6/c1-15-11-12-17-7-3-5-9-19(17)22(15)23-20-10-6-4-8-18(20)13-14-21(23)24-16(2)25(28,29)27(32,33)26(24,30)31/h3-14H,1-2H3. The molecule has 168 valence electrons. The number of hydrogen-bond acceptors (Lipinski definition) is 0. The summed E-state index contributed by atoms with van der Waals surface area (Å²) >= 11 is 0. The van der Waals surface area contributed by atoms with Crippen molar-refractivity contribution in [2.45, 2.75) is 31.6 Å². The van der Waals surface area contributed by atoms with Gasteiger partial charge in [0.15, 0.2) is 0 Å². The van der Waals surface area contributed by atoms with Gasteiger partial charge in [-0.25, -0.2) is 0 Å². The predicted octanol–water partition coefficient (Wildman–Crippen LogP) is 8.66. The molecule has 1 aliphatic carbocycles. The molecule has 0 atom stereocenters. The monoisotopic (exact) mass is 456 g/mol. The zero-order valence-corrected chi connectivity index (χ0v) is 17.7. The van der Waals surface area contributed by atoms with Crippen LogP contribution in [0.2, 0.25) is 0 Å². The van der Waals surface area contributed by atoms with Crippen LogP contribution in [-0.2, 0) is 0 Å². The highest BCUT2D eigenvalue weighted by Crippen LogP contribution is 2.63. The van der Waals surface area contributed by atoms with Crippen LogP contribution in [0, 0.1) is 6.92 Å². The molecular formula is C27H18F6. The van der Waals surface area contributed by atoms with Crippen LogP contribution < -0.4 is 0 Å². The maximum Gasteiger partial charge on any atom is 0.380 e. The lowest BCUT2D eigenvalue weighted by molar-refractivity contribution is -0.259. The van der Waals surface area contributed by atoms with Crippen LogP contribution in [0.3, 0.4) is 0 Å². The van der Waals surface area contributed by atoms with Crippen LogP contribution in [-0.4, -0.2) is 17.8 Å². The van der Waals surface area contributed by atoms with E-state index in [-0.39, 0.29) is 11.1 Å². The Bertz CT molecular complexity index is 1460. The second-order valence-corrected chi connectivity index (χ2v) is 8.41. The molecule has 0 spiro atoms. The maximum absolute atomic E-state index is 15.0. The number of benzene rings is 4. The number of fused-ring (bicyclic) bond motifs is 2. The highest BCUT2D eigenvalue weighted by atomic mass is 19.3. The zero-order chi connectivity index (χ0) is 23.8. The van der Waals surface area contributed by atoms with Crippen LogP contribution in [0.25, 0.3) is 38.2 Å². The van der Waals surface area contributed by atoms with E-state index in [4.69, 9.17) is 0 Å². The Morgan fingerprint density at radius 3 is 1.61 bits per heavy atom. The zero-order valence-electron chi connectivity index (χ0n) is 17.7. The lowest BCUT2D eigenvalue weighted by Gasteiger charge is -2.26. The number of alkyl halides is 6. The van der Waals surface area contributed by atoms with Crippen molar-refractivity contribution >= 4 is 27.1 Å². The summed E-state index contributed by atoms with van der Waals surface area (Å²) in [6.45, 7) is 2.45. The van der Waals surface area contributed by atoms with Gasteiger partial charge in [-0.1, -0.05) is 72.8 Å². The molecule has 6 heteroatoms. The highest BCUT2D eigenvalue weighted by Gasteiger charge is 2.79. The SMILES string of the molecule is CC1=C(c2ccc3ccccc3c2-c2c(C)ccc3ccccc23)C(F)(F)C(F)(F)C1(F)F. The molecule has 4 aromatic rings. The first-order chi connectivity index (χ1) is 15.5. The Hall–Kier alpha value is -3.28. The molecule has 0 aliphatic heterocycles. The Balaban J connectivity index is 1.98. The first-order valence-electron chi connectivity index (χ1n) is 10.4. The van der Waals surface area contributed by atoms with Crippen molar-refractivity contribution in [3.05, 3.63) is 89.5 Å². The molecule has 0 saturated carbocycles. The first kappa shape index (κ1) is 21.6. The number of allylic oxidation sites excluding steroid dienone is 2. The number of aryl methyl sites for hydroxylation is 1. The Kier molecular flexibility index (Phi) is 4.48. The fourth-order valence-electron chi connectivity index (χ4n) is 4.81. The Morgan fingerprint density at radius 2 is 1.06 bits per heavy atom. The molecule has 0 amide bonds. The van der Waals surface area contributed by atoms with Crippen molar-refractivity contribution in [2.24, 2.45) is 0 Å². The molecular weight excluding hydrogens is 438 g/mol. The number of halogens is 6. The summed E-state index contributed by atoms with van der Waals surface area (Å²) in [6, 6.07) is 20.6. The second kappa shape index (κ2) is 6.86. The van der Waals surface area contributed by atoms with Crippen molar-refractivity contribution in [3.63, 3.8) is 0 Å². The Morgan fingerprint density at radius 1 is 0.545 bits per heavy atom. The summed E-state index contributed by atoms with van der Waals surface area (Å²) < 4.78 is 87.6. The minimum atomic E-state index is -5.53. The summed E-state index contributed by atoms with van der Waals surface area (Å²) in [6.07, 6.45) is 0. The van der Waals surface area contributed by atoms with Gasteiger partial charge in [0.05, 0.1) is 0 Å². The van der Waals surface area contributed by atoms with E-state index in [2.05, 4.69) is 0 Å². The first-order valence-corrected chi connectivity index (χ1v) is 10.4. The molecule has 0 N–H and O–H groups in total. The molecule has 0 saturated heterocycles. The largest absolute Gasteiger partial charge is 0.380 e. The van der Waals surface area contributed by atoms with E-state index in [9.17, 15) is 17.6 Å². The topological polar surface area (TPSA) is 0 Å². The quantitative estimate of drug-likeness (QED) is 0.265. The van der Waals surface area contributed by atoms with Crippen LogP contribution in [0.1, 0.15) is 18.1 Å². The summed E-state index contributed by atoms with van der Waals surface area (Å²) in [7, 11) is 0. The fraction of sp³-hybridized carbons (Fsp3) is 0.185. The van der Waals surface area contributed by atoms with Crippen molar-refractivity contribution < 1.29 is 26.3 Å². The molecule has 0 fully saturated rings. The van der Waals surface area contributed by atoms with Gasteiger partial charge in [-0.05, 0) is 57.6 Å². The second-order valence-electron chi connectivity index (χ2n) is 8.41. The van der Waals surface area contributed by atoms with E-state index in [1.807, 2.05) is 18.2 Å². The minimum Gasteiger partial charge on any atom is -0.194 e. The Labute approximate surface area is 186 Å². The van der Waals surface area contributed by atoms with Gasteiger partial charge in [0.25, 0.3) is 0 Å².